The van der Waals surface area contributed by atoms with Crippen molar-refractivity contribution in [3.8, 4) is 11.1 Å². The normalized spacial score (nSPS) is 13.7. The summed E-state index contributed by atoms with van der Waals surface area (Å²) >= 11 is 0. The average Bonchev–Trinajstić information content (AvgIpc) is 3.18. The van der Waals surface area contributed by atoms with Gasteiger partial charge in [0, 0.05) is 5.56 Å². The lowest BCUT2D eigenvalue weighted by Gasteiger charge is -2.26. The smallest absolute Gasteiger partial charge is 0.287 e. The Labute approximate surface area is 336 Å². The number of Topliss-reactive ketones (excluding diaryl/α,β-unsaturated/α-hetero) is 1. The largest absolute Gasteiger partial charge is 0.363 e. The summed E-state index contributed by atoms with van der Waals surface area (Å²) in [6.07, 6.45) is 6.20. The second-order valence-electron chi connectivity index (χ2n) is 14.9. The van der Waals surface area contributed by atoms with E-state index in [1.54, 1.807) is 12.1 Å². The van der Waals surface area contributed by atoms with Crippen LogP contribution in [0.2, 0.25) is 0 Å². The van der Waals surface area contributed by atoms with Crippen molar-refractivity contribution in [1.29, 1.82) is 0 Å². The second-order valence-corrected chi connectivity index (χ2v) is 14.9. The number of hydrogen-bond acceptors (Lipinski definition) is 9. The summed E-state index contributed by atoms with van der Waals surface area (Å²) in [7, 11) is 0. The predicted octanol–water partition coefficient (Wildman–Crippen LogP) is 2.13. The van der Waals surface area contributed by atoms with Crippen LogP contribution in [0.3, 0.4) is 0 Å². The highest BCUT2D eigenvalue weighted by Gasteiger charge is 2.31. The zero-order chi connectivity index (χ0) is 42.5. The summed E-state index contributed by atoms with van der Waals surface area (Å²) < 4.78 is 0. The van der Waals surface area contributed by atoms with Crippen LogP contribution in [0.4, 0.5) is 0 Å². The number of carbonyl (C=O) groups excluding carboxylic acids is 7. The molecule has 0 heterocycles. The molecule has 0 aromatic heterocycles. The lowest BCUT2D eigenvalue weighted by atomic mass is 10.0. The molecule has 2 rings (SSSR count). The predicted molar refractivity (Wildman–Crippen MR) is 220 cm³/mol. The topological polar surface area (TPSA) is 258 Å². The summed E-state index contributed by atoms with van der Waals surface area (Å²) in [5.74, 6) is -5.30. The van der Waals surface area contributed by atoms with Crippen LogP contribution < -0.4 is 43.8 Å². The molecule has 0 radical (unpaired) electrons. The van der Waals surface area contributed by atoms with Gasteiger partial charge in [0.25, 0.3) is 11.8 Å². The van der Waals surface area contributed by atoms with Crippen molar-refractivity contribution in [3.63, 3.8) is 0 Å². The Morgan fingerprint density at radius 3 is 1.54 bits per heavy atom. The molecule has 5 unspecified atom stereocenters. The van der Waals surface area contributed by atoms with Gasteiger partial charge in [-0.2, -0.15) is 0 Å². The Morgan fingerprint density at radius 1 is 0.561 bits per heavy atom. The third-order valence-electron chi connectivity index (χ3n) is 9.49. The van der Waals surface area contributed by atoms with Crippen LogP contribution in [-0.4, -0.2) is 84.5 Å². The number of unbranched alkanes of at least 4 members (excludes halogenated alkanes) is 3. The van der Waals surface area contributed by atoms with Crippen molar-refractivity contribution in [2.24, 2.45) is 23.1 Å². The Hall–Kier alpha value is -5.15. The van der Waals surface area contributed by atoms with Gasteiger partial charge in [0.15, 0.2) is 0 Å². The van der Waals surface area contributed by atoms with Gasteiger partial charge in [0.1, 0.15) is 24.2 Å². The van der Waals surface area contributed by atoms with E-state index in [1.165, 1.54) is 19.4 Å². The fourth-order valence-corrected chi connectivity index (χ4v) is 6.07. The molecule has 0 bridgehead atoms. The molecule has 0 aliphatic carbocycles. The van der Waals surface area contributed by atoms with E-state index < -0.39 is 71.4 Å². The Kier molecular flexibility index (Phi) is 21.2. The van der Waals surface area contributed by atoms with E-state index in [1.807, 2.05) is 26.0 Å². The highest BCUT2D eigenvalue weighted by molar-refractivity contribution is 6.37. The molecule has 0 aliphatic heterocycles. The number of nitrogens with one attached hydrogen (secondary N) is 5. The Balaban J connectivity index is 2.17. The van der Waals surface area contributed by atoms with Gasteiger partial charge in [-0.25, -0.2) is 0 Å². The second kappa shape index (κ2) is 25.2. The van der Waals surface area contributed by atoms with Gasteiger partial charge < -0.3 is 43.8 Å². The number of carbonyl (C=O) groups is 7. The van der Waals surface area contributed by atoms with E-state index in [2.05, 4.69) is 57.8 Å². The Bertz CT molecular complexity index is 1630. The molecule has 2 aromatic carbocycles. The van der Waals surface area contributed by atoms with Gasteiger partial charge in [-0.1, -0.05) is 63.6 Å². The number of aryl methyl sites for hydroxylation is 1. The van der Waals surface area contributed by atoms with E-state index >= 15 is 0 Å². The van der Waals surface area contributed by atoms with Crippen molar-refractivity contribution < 1.29 is 33.6 Å². The fourth-order valence-electron chi connectivity index (χ4n) is 6.07. The lowest BCUT2D eigenvalue weighted by molar-refractivity contribution is -0.138. The van der Waals surface area contributed by atoms with Gasteiger partial charge in [-0.05, 0) is 119 Å². The maximum Gasteiger partial charge on any atom is 0.287 e. The molecule has 0 saturated heterocycles. The molecule has 11 N–H and O–H groups in total. The highest BCUT2D eigenvalue weighted by atomic mass is 16.2. The van der Waals surface area contributed by atoms with Crippen LogP contribution in [-0.2, 0) is 35.2 Å². The number of ketones is 1. The van der Waals surface area contributed by atoms with Crippen LogP contribution in [0, 0.1) is 5.92 Å². The molecule has 2 aromatic rings. The summed E-state index contributed by atoms with van der Waals surface area (Å²) in [4.78, 5) is 90.3. The molecule has 0 spiro atoms. The van der Waals surface area contributed by atoms with Crippen LogP contribution in [0.5, 0.6) is 0 Å². The first-order chi connectivity index (χ1) is 27.1. The zero-order valence-electron chi connectivity index (χ0n) is 34.2. The highest BCUT2D eigenvalue weighted by Crippen LogP contribution is 2.21. The van der Waals surface area contributed by atoms with E-state index in [4.69, 9.17) is 17.2 Å². The van der Waals surface area contributed by atoms with Gasteiger partial charge in [-0.3, -0.25) is 33.6 Å². The fraction of sp³-hybridized carbons (Fsp3) is 0.548. The number of amides is 6. The number of benzene rings is 2. The van der Waals surface area contributed by atoms with Crippen molar-refractivity contribution in [2.75, 3.05) is 13.1 Å². The molecule has 15 heteroatoms. The molecular weight excluding hydrogens is 729 g/mol. The van der Waals surface area contributed by atoms with Gasteiger partial charge in [0.2, 0.25) is 29.4 Å². The van der Waals surface area contributed by atoms with E-state index in [0.29, 0.717) is 44.3 Å². The molecule has 314 valence electrons. The molecule has 57 heavy (non-hydrogen) atoms. The summed E-state index contributed by atoms with van der Waals surface area (Å²) in [5, 5.41) is 13.2. The zero-order valence-corrected chi connectivity index (χ0v) is 34.2. The molecule has 6 amide bonds. The van der Waals surface area contributed by atoms with Gasteiger partial charge in [-0.15, -0.1) is 0 Å². The van der Waals surface area contributed by atoms with E-state index in [9.17, 15) is 33.6 Å². The molecule has 15 nitrogen and oxygen atoms in total. The molecule has 0 fully saturated rings. The van der Waals surface area contributed by atoms with Gasteiger partial charge >= 0.3 is 0 Å². The molecule has 0 aliphatic rings. The summed E-state index contributed by atoms with van der Waals surface area (Å²) in [6, 6.07) is 10.00. The first-order valence-electron chi connectivity index (χ1n) is 20.1. The minimum atomic E-state index is -1.20. The number of primary amides is 1. The first-order valence-corrected chi connectivity index (χ1v) is 20.1. The minimum absolute atomic E-state index is 0.0501. The molecule has 5 atom stereocenters. The minimum Gasteiger partial charge on any atom is -0.363 e. The lowest BCUT2D eigenvalue weighted by Crippen LogP contribution is -2.58. The summed E-state index contributed by atoms with van der Waals surface area (Å²) in [5.41, 5.74) is 20.1. The van der Waals surface area contributed by atoms with Crippen molar-refractivity contribution in [1.82, 2.24) is 26.6 Å². The maximum absolute atomic E-state index is 13.8. The van der Waals surface area contributed by atoms with Crippen molar-refractivity contribution in [2.45, 2.75) is 129 Å². The van der Waals surface area contributed by atoms with Crippen LogP contribution >= 0.6 is 0 Å². The van der Waals surface area contributed by atoms with Crippen molar-refractivity contribution in [3.05, 3.63) is 59.7 Å². The molecule has 0 saturated carbocycles. The van der Waals surface area contributed by atoms with Crippen molar-refractivity contribution >= 4 is 41.2 Å². The number of rotatable bonds is 26. The quantitative estimate of drug-likeness (QED) is 0.0512. The Morgan fingerprint density at radius 2 is 1.04 bits per heavy atom. The number of hydrogen-bond donors (Lipinski definition) is 8. The van der Waals surface area contributed by atoms with Crippen LogP contribution in [0.25, 0.3) is 11.1 Å². The molecular formula is C42H64N8O7. The first kappa shape index (κ1) is 48.0. The van der Waals surface area contributed by atoms with E-state index in [0.717, 1.165) is 30.4 Å². The third kappa shape index (κ3) is 16.9. The SMILES string of the molecule is CCCCc1ccc(-c2ccc(C(=O)NC(CCCCN)C(=O)NC(CCCCN)C(=O)NC(C)C(=O)NC(CC(C)C)C(=O)NC(C)C(=O)C(N)=O)cc2)cc1. The third-order valence-corrected chi connectivity index (χ3v) is 9.49. The standard InChI is InChI=1S/C42H64N8O7/c1-6-7-12-29-15-17-30(18-16-29)31-19-21-32(22-20-31)39(54)48-34(14-9-11-24-44)41(56)49-33(13-8-10-23-43)40(55)47-28(5)38(53)50-35(25-26(2)3)42(57)46-27(4)36(51)37(45)52/h15-22,26-28,33-35H,6-14,23-25,43-44H2,1-5H3,(H2,45,52)(H,46,57)(H,47,55)(H,48,54)(H,49,56)(H,50,53). The number of nitrogens with two attached hydrogens (primary N) is 3. The van der Waals surface area contributed by atoms with E-state index in [-0.39, 0.29) is 25.2 Å². The van der Waals surface area contributed by atoms with Crippen LogP contribution in [0.1, 0.15) is 108 Å². The van der Waals surface area contributed by atoms with Gasteiger partial charge in [0.05, 0.1) is 6.04 Å². The average molecular weight is 793 g/mol. The monoisotopic (exact) mass is 792 g/mol. The maximum atomic E-state index is 13.8. The summed E-state index contributed by atoms with van der Waals surface area (Å²) in [6.45, 7) is 9.33. The van der Waals surface area contributed by atoms with Crippen LogP contribution in [0.15, 0.2) is 48.5 Å².